The Kier molecular flexibility index (Phi) is 8.02. The minimum atomic E-state index is -2.92. The van der Waals surface area contributed by atoms with Crippen LogP contribution in [0.2, 0.25) is 0 Å². The molecule has 1 aliphatic rings. The van der Waals surface area contributed by atoms with Gasteiger partial charge >= 0.3 is 0 Å². The van der Waals surface area contributed by atoms with Gasteiger partial charge < -0.3 is 32.6 Å². The van der Waals surface area contributed by atoms with Crippen LogP contribution in [0.5, 0.6) is 5.75 Å². The number of amides is 2. The van der Waals surface area contributed by atoms with Gasteiger partial charge in [-0.05, 0) is 23.3 Å². The average molecular weight is 487 g/mol. The number of para-hydroxylation sites is 1. The van der Waals surface area contributed by atoms with Crippen LogP contribution < -0.4 is 32.6 Å². The van der Waals surface area contributed by atoms with Crippen LogP contribution >= 0.6 is 0 Å². The fraction of sp³-hybridized carbons (Fsp3) is 0.292. The number of nitrogens with two attached hydrogens (primary N) is 3. The number of halogens is 2. The van der Waals surface area contributed by atoms with Gasteiger partial charge in [-0.3, -0.25) is 14.6 Å². The van der Waals surface area contributed by atoms with E-state index in [1.165, 1.54) is 7.11 Å². The molecule has 0 radical (unpaired) electrons. The van der Waals surface area contributed by atoms with Gasteiger partial charge in [-0.2, -0.15) is 0 Å². The number of hydrogen-bond acceptors (Lipinski definition) is 6. The van der Waals surface area contributed by atoms with Gasteiger partial charge in [-0.1, -0.05) is 36.4 Å². The lowest BCUT2D eigenvalue weighted by molar-refractivity contribution is -0.114. The van der Waals surface area contributed by atoms with Crippen molar-refractivity contribution in [2.45, 2.75) is 24.9 Å². The zero-order valence-corrected chi connectivity index (χ0v) is 19.2. The highest BCUT2D eigenvalue weighted by Gasteiger charge is 2.36. The van der Waals surface area contributed by atoms with E-state index in [1.807, 2.05) is 0 Å². The topological polar surface area (TPSA) is 158 Å². The first kappa shape index (κ1) is 25.6. The smallest absolute Gasteiger partial charge is 0.262 e. The molecule has 2 amide bonds. The number of nitrogens with zero attached hydrogens (tertiary/aromatic N) is 1. The number of amidine groups is 1. The molecule has 1 atom stereocenters. The van der Waals surface area contributed by atoms with Gasteiger partial charge in [0, 0.05) is 19.5 Å². The van der Waals surface area contributed by atoms with Gasteiger partial charge in [0.25, 0.3) is 17.7 Å². The first-order valence-electron chi connectivity index (χ1n) is 10.8. The summed E-state index contributed by atoms with van der Waals surface area (Å²) in [5.74, 6) is -3.98. The number of primary amides is 1. The zero-order chi connectivity index (χ0) is 25.6. The summed E-state index contributed by atoms with van der Waals surface area (Å²) in [5, 5.41) is 5.40. The van der Waals surface area contributed by atoms with Crippen LogP contribution in [-0.4, -0.2) is 49.8 Å². The number of alkyl halides is 2. The third-order valence-corrected chi connectivity index (χ3v) is 5.46. The van der Waals surface area contributed by atoms with Crippen molar-refractivity contribution in [2.75, 3.05) is 20.2 Å². The molecule has 1 saturated heterocycles. The van der Waals surface area contributed by atoms with Crippen molar-refractivity contribution in [3.05, 3.63) is 70.8 Å². The van der Waals surface area contributed by atoms with E-state index in [-0.39, 0.29) is 36.1 Å². The number of methoxy groups -OCH3 is 1. The number of carbonyl (C=O) groups excluding carboxylic acids is 2. The number of piperidine rings is 1. The second-order valence-electron chi connectivity index (χ2n) is 8.09. The molecule has 0 aromatic heterocycles. The molecule has 9 nitrogen and oxygen atoms in total. The Morgan fingerprint density at radius 2 is 1.83 bits per heavy atom. The molecule has 1 fully saturated rings. The third kappa shape index (κ3) is 6.54. The standard InChI is InChI=1S/C24H28F2N6O3/c1-35-18-5-3-2-4-17(18)23(34)31-11-14-6-8-15(9-7-14)20(27)19(22(29)33)21(28)32-16-10-24(25,26)13-30-12-16/h2-9,16,30H,10-13,27H2,1H3,(H2,28,32)(H2,29,33)(H,31,34). The summed E-state index contributed by atoms with van der Waals surface area (Å²) < 4.78 is 32.5. The molecule has 35 heavy (non-hydrogen) atoms. The molecule has 0 aliphatic carbocycles. The lowest BCUT2D eigenvalue weighted by atomic mass is 10.0. The molecule has 0 bridgehead atoms. The molecule has 3 rings (SSSR count). The van der Waals surface area contributed by atoms with Crippen molar-refractivity contribution < 1.29 is 23.1 Å². The Morgan fingerprint density at radius 1 is 1.14 bits per heavy atom. The molecule has 11 heteroatoms. The average Bonchev–Trinajstić information content (AvgIpc) is 2.82. The number of carbonyl (C=O) groups is 2. The van der Waals surface area contributed by atoms with Crippen LogP contribution in [0, 0.1) is 0 Å². The minimum Gasteiger partial charge on any atom is -0.496 e. The first-order valence-corrected chi connectivity index (χ1v) is 10.8. The predicted molar refractivity (Wildman–Crippen MR) is 129 cm³/mol. The summed E-state index contributed by atoms with van der Waals surface area (Å²) in [6.45, 7) is -0.0151. The van der Waals surface area contributed by atoms with Gasteiger partial charge in [0.05, 0.1) is 31.0 Å². The molecule has 2 aromatic rings. The highest BCUT2D eigenvalue weighted by molar-refractivity contribution is 6.24. The highest BCUT2D eigenvalue weighted by Crippen LogP contribution is 2.25. The SMILES string of the molecule is COc1ccccc1C(=O)NCc1ccc(C(N)=C(C(N)=O)C(N)=NC2CNCC(F)(F)C2)cc1. The number of rotatable bonds is 8. The maximum Gasteiger partial charge on any atom is 0.262 e. The first-order chi connectivity index (χ1) is 16.6. The fourth-order valence-electron chi connectivity index (χ4n) is 3.72. The molecule has 1 heterocycles. The van der Waals surface area contributed by atoms with Crippen molar-refractivity contribution in [1.29, 1.82) is 0 Å². The summed E-state index contributed by atoms with van der Waals surface area (Å²) in [4.78, 5) is 28.6. The maximum atomic E-state index is 13.6. The molecule has 0 saturated carbocycles. The highest BCUT2D eigenvalue weighted by atomic mass is 19.3. The van der Waals surface area contributed by atoms with Crippen LogP contribution in [0.25, 0.3) is 5.70 Å². The largest absolute Gasteiger partial charge is 0.496 e. The van der Waals surface area contributed by atoms with Crippen LogP contribution in [0.4, 0.5) is 8.78 Å². The Labute approximate surface area is 201 Å². The van der Waals surface area contributed by atoms with Gasteiger partial charge in [0.15, 0.2) is 0 Å². The van der Waals surface area contributed by atoms with Gasteiger partial charge in [-0.25, -0.2) is 8.78 Å². The number of nitrogens with one attached hydrogen (secondary N) is 2. The Balaban J connectivity index is 1.74. The summed E-state index contributed by atoms with van der Waals surface area (Å²) in [6, 6.07) is 12.7. The molecule has 8 N–H and O–H groups in total. The zero-order valence-electron chi connectivity index (χ0n) is 19.2. The van der Waals surface area contributed by atoms with Crippen LogP contribution in [0.1, 0.15) is 27.9 Å². The number of ether oxygens (including phenoxy) is 1. The van der Waals surface area contributed by atoms with Crippen LogP contribution in [0.15, 0.2) is 59.1 Å². The molecule has 1 unspecified atom stereocenters. The van der Waals surface area contributed by atoms with E-state index in [2.05, 4.69) is 15.6 Å². The van der Waals surface area contributed by atoms with Crippen LogP contribution in [-0.2, 0) is 11.3 Å². The summed E-state index contributed by atoms with van der Waals surface area (Å²) in [5.41, 5.74) is 18.9. The summed E-state index contributed by atoms with van der Waals surface area (Å²) in [7, 11) is 1.49. The van der Waals surface area contributed by atoms with Crippen molar-refractivity contribution in [3.8, 4) is 5.75 Å². The number of aliphatic imine (C=N–C) groups is 1. The monoisotopic (exact) mass is 486 g/mol. The van der Waals surface area contributed by atoms with E-state index in [0.29, 0.717) is 16.9 Å². The van der Waals surface area contributed by atoms with Crippen molar-refractivity contribution >= 4 is 23.3 Å². The fourth-order valence-corrected chi connectivity index (χ4v) is 3.72. The van der Waals surface area contributed by atoms with Gasteiger partial charge in [0.2, 0.25) is 0 Å². The van der Waals surface area contributed by atoms with Crippen molar-refractivity contribution in [1.82, 2.24) is 10.6 Å². The second-order valence-corrected chi connectivity index (χ2v) is 8.09. The third-order valence-electron chi connectivity index (χ3n) is 5.46. The lowest BCUT2D eigenvalue weighted by Gasteiger charge is -2.27. The van der Waals surface area contributed by atoms with E-state index >= 15 is 0 Å². The Morgan fingerprint density at radius 3 is 2.46 bits per heavy atom. The van der Waals surface area contributed by atoms with Crippen LogP contribution in [0.3, 0.4) is 0 Å². The van der Waals surface area contributed by atoms with E-state index < -0.39 is 30.8 Å². The predicted octanol–water partition coefficient (Wildman–Crippen LogP) is 1.13. The molecule has 1 aliphatic heterocycles. The van der Waals surface area contributed by atoms with Gasteiger partial charge in [-0.15, -0.1) is 0 Å². The minimum absolute atomic E-state index is 0.0288. The number of benzene rings is 2. The molecular weight excluding hydrogens is 458 g/mol. The van der Waals surface area contributed by atoms with E-state index in [9.17, 15) is 18.4 Å². The molecule has 0 spiro atoms. The van der Waals surface area contributed by atoms with E-state index in [1.54, 1.807) is 48.5 Å². The van der Waals surface area contributed by atoms with E-state index in [4.69, 9.17) is 21.9 Å². The maximum absolute atomic E-state index is 13.6. The van der Waals surface area contributed by atoms with Crippen molar-refractivity contribution in [2.24, 2.45) is 22.2 Å². The Bertz CT molecular complexity index is 1150. The molecular formula is C24H28F2N6O3. The Hall–Kier alpha value is -3.99. The second kappa shape index (κ2) is 11.0. The van der Waals surface area contributed by atoms with Crippen molar-refractivity contribution in [3.63, 3.8) is 0 Å². The lowest BCUT2D eigenvalue weighted by Crippen LogP contribution is -2.46. The number of hydrogen-bond donors (Lipinski definition) is 5. The van der Waals surface area contributed by atoms with Gasteiger partial charge in [0.1, 0.15) is 17.2 Å². The molecule has 186 valence electrons. The summed E-state index contributed by atoms with van der Waals surface area (Å²) in [6.07, 6.45) is -0.498. The normalized spacial score (nSPS) is 18.4. The summed E-state index contributed by atoms with van der Waals surface area (Å²) >= 11 is 0. The quantitative estimate of drug-likeness (QED) is 0.214. The van der Waals surface area contributed by atoms with E-state index in [0.717, 1.165) is 5.56 Å². The molecule has 2 aromatic carbocycles.